The first-order valence-electron chi connectivity index (χ1n) is 6.46. The number of hydrogen-bond donors (Lipinski definition) is 1. The first-order valence-corrected chi connectivity index (χ1v) is 6.46. The number of fused-ring (bicyclic) bond motifs is 1. The first-order chi connectivity index (χ1) is 9.97. The van der Waals surface area contributed by atoms with E-state index < -0.39 is 5.82 Å². The zero-order chi connectivity index (χ0) is 15.1. The number of anilines is 2. The Morgan fingerprint density at radius 1 is 1.24 bits per heavy atom. The van der Waals surface area contributed by atoms with E-state index in [-0.39, 0.29) is 29.4 Å². The van der Waals surface area contributed by atoms with Gasteiger partial charge in [-0.25, -0.2) is 4.39 Å². The second kappa shape index (κ2) is 4.70. The van der Waals surface area contributed by atoms with E-state index in [1.54, 1.807) is 30.1 Å². The number of nitrogens with zero attached hydrogens (tertiary/aromatic N) is 1. The van der Waals surface area contributed by atoms with Crippen molar-refractivity contribution < 1.29 is 14.0 Å². The Hall–Kier alpha value is -2.69. The van der Waals surface area contributed by atoms with Gasteiger partial charge in [0.25, 0.3) is 0 Å². The van der Waals surface area contributed by atoms with Crippen molar-refractivity contribution in [2.45, 2.75) is 6.42 Å². The summed E-state index contributed by atoms with van der Waals surface area (Å²) in [6.07, 6.45) is 0.284. The number of ketones is 1. The molecule has 0 fully saturated rings. The lowest BCUT2D eigenvalue weighted by atomic mass is 9.99. The minimum absolute atomic E-state index is 0.00380. The van der Waals surface area contributed by atoms with Gasteiger partial charge in [-0.15, -0.1) is 0 Å². The molecule has 4 nitrogen and oxygen atoms in total. The van der Waals surface area contributed by atoms with Crippen molar-refractivity contribution in [1.82, 2.24) is 0 Å². The number of carbonyl (C=O) groups excluding carboxylic acids is 2. The van der Waals surface area contributed by atoms with Crippen LogP contribution in [0.2, 0.25) is 0 Å². The molecule has 2 N–H and O–H groups in total. The minimum Gasteiger partial charge on any atom is -0.398 e. The number of nitrogens with two attached hydrogens (primary N) is 1. The molecule has 3 rings (SSSR count). The Bertz CT molecular complexity index is 771. The van der Waals surface area contributed by atoms with E-state index in [1.165, 1.54) is 12.1 Å². The van der Waals surface area contributed by atoms with Crippen molar-refractivity contribution in [2.24, 2.45) is 0 Å². The number of likely N-dealkylation sites (N-methyl/N-ethyl adjacent to an activating group) is 1. The monoisotopic (exact) mass is 284 g/mol. The second-order valence-electron chi connectivity index (χ2n) is 5.03. The van der Waals surface area contributed by atoms with Crippen molar-refractivity contribution in [1.29, 1.82) is 0 Å². The third kappa shape index (κ3) is 2.16. The quantitative estimate of drug-likeness (QED) is 0.679. The van der Waals surface area contributed by atoms with Gasteiger partial charge in [-0.3, -0.25) is 9.59 Å². The Morgan fingerprint density at radius 3 is 2.71 bits per heavy atom. The highest BCUT2D eigenvalue weighted by molar-refractivity contribution is 6.13. The van der Waals surface area contributed by atoms with Crippen LogP contribution in [0.25, 0.3) is 0 Å². The Kier molecular flexibility index (Phi) is 2.97. The molecule has 0 radical (unpaired) electrons. The summed E-state index contributed by atoms with van der Waals surface area (Å²) in [5.74, 6) is -0.765. The summed E-state index contributed by atoms with van der Waals surface area (Å²) < 4.78 is 13.0. The largest absolute Gasteiger partial charge is 0.398 e. The van der Waals surface area contributed by atoms with Gasteiger partial charge in [-0.1, -0.05) is 0 Å². The molecule has 2 aromatic rings. The van der Waals surface area contributed by atoms with Crippen molar-refractivity contribution in [2.75, 3.05) is 17.7 Å². The first kappa shape index (κ1) is 13.3. The number of hydrogen-bond acceptors (Lipinski definition) is 3. The van der Waals surface area contributed by atoms with Gasteiger partial charge in [0.1, 0.15) is 5.82 Å². The lowest BCUT2D eigenvalue weighted by molar-refractivity contribution is -0.117. The lowest BCUT2D eigenvalue weighted by Crippen LogP contribution is -2.20. The molecule has 5 heteroatoms. The van der Waals surface area contributed by atoms with E-state index >= 15 is 0 Å². The van der Waals surface area contributed by atoms with Gasteiger partial charge in [0.15, 0.2) is 5.78 Å². The number of amides is 1. The van der Waals surface area contributed by atoms with Crippen LogP contribution in [-0.4, -0.2) is 18.7 Å². The molecule has 0 saturated carbocycles. The van der Waals surface area contributed by atoms with Gasteiger partial charge in [-0.2, -0.15) is 0 Å². The Labute approximate surface area is 121 Å². The average Bonchev–Trinajstić information content (AvgIpc) is 2.73. The van der Waals surface area contributed by atoms with Crippen molar-refractivity contribution in [3.05, 3.63) is 58.9 Å². The van der Waals surface area contributed by atoms with Crippen molar-refractivity contribution in [3.8, 4) is 0 Å². The molecule has 0 unspecified atom stereocenters. The number of halogens is 1. The molecule has 106 valence electrons. The molecule has 0 aliphatic carbocycles. The van der Waals surface area contributed by atoms with Gasteiger partial charge in [0, 0.05) is 29.5 Å². The standard InChI is InChI=1S/C16H13FN2O2/c1-19-14-5-2-9(6-10(14)7-15(19)20)16(21)12-4-3-11(17)8-13(12)18/h2-6,8H,7,18H2,1H3. The summed E-state index contributed by atoms with van der Waals surface area (Å²) in [6.45, 7) is 0. The predicted molar refractivity (Wildman–Crippen MR) is 77.8 cm³/mol. The summed E-state index contributed by atoms with van der Waals surface area (Å²) in [4.78, 5) is 25.7. The van der Waals surface area contributed by atoms with E-state index in [0.29, 0.717) is 5.56 Å². The predicted octanol–water partition coefficient (Wildman–Crippen LogP) is 2.16. The zero-order valence-electron chi connectivity index (χ0n) is 11.4. The molecular formula is C16H13FN2O2. The highest BCUT2D eigenvalue weighted by atomic mass is 19.1. The van der Waals surface area contributed by atoms with Crippen LogP contribution in [0.1, 0.15) is 21.5 Å². The fraction of sp³-hybridized carbons (Fsp3) is 0.125. The van der Waals surface area contributed by atoms with E-state index in [2.05, 4.69) is 0 Å². The van der Waals surface area contributed by atoms with Crippen molar-refractivity contribution in [3.63, 3.8) is 0 Å². The van der Waals surface area contributed by atoms with Gasteiger partial charge in [0.05, 0.1) is 6.42 Å². The fourth-order valence-electron chi connectivity index (χ4n) is 2.51. The third-order valence-corrected chi connectivity index (χ3v) is 3.68. The van der Waals surface area contributed by atoms with Crippen LogP contribution in [0.5, 0.6) is 0 Å². The molecule has 0 spiro atoms. The summed E-state index contributed by atoms with van der Waals surface area (Å²) in [7, 11) is 1.70. The SMILES string of the molecule is CN1C(=O)Cc2cc(C(=O)c3ccc(F)cc3N)ccc21. The van der Waals surface area contributed by atoms with Crippen LogP contribution >= 0.6 is 0 Å². The number of carbonyl (C=O) groups is 2. The number of rotatable bonds is 2. The van der Waals surface area contributed by atoms with E-state index in [4.69, 9.17) is 5.73 Å². The second-order valence-corrected chi connectivity index (χ2v) is 5.03. The zero-order valence-corrected chi connectivity index (χ0v) is 11.4. The molecule has 0 aromatic heterocycles. The molecule has 0 saturated heterocycles. The molecule has 1 heterocycles. The van der Waals surface area contributed by atoms with Gasteiger partial charge in [0.2, 0.25) is 5.91 Å². The topological polar surface area (TPSA) is 63.4 Å². The number of nitrogen functional groups attached to an aromatic ring is 1. The van der Waals surface area contributed by atoms with Crippen LogP contribution in [0.15, 0.2) is 36.4 Å². The Morgan fingerprint density at radius 2 is 2.00 bits per heavy atom. The lowest BCUT2D eigenvalue weighted by Gasteiger charge is -2.10. The van der Waals surface area contributed by atoms with E-state index in [0.717, 1.165) is 17.3 Å². The van der Waals surface area contributed by atoms with Gasteiger partial charge < -0.3 is 10.6 Å². The highest BCUT2D eigenvalue weighted by Crippen LogP contribution is 2.29. The average molecular weight is 284 g/mol. The molecule has 2 aromatic carbocycles. The normalized spacial score (nSPS) is 13.4. The van der Waals surface area contributed by atoms with Crippen LogP contribution in [0.3, 0.4) is 0 Å². The maximum atomic E-state index is 13.0. The molecule has 1 aliphatic rings. The minimum atomic E-state index is -0.481. The maximum Gasteiger partial charge on any atom is 0.231 e. The third-order valence-electron chi connectivity index (χ3n) is 3.68. The fourth-order valence-corrected chi connectivity index (χ4v) is 2.51. The highest BCUT2D eigenvalue weighted by Gasteiger charge is 2.25. The van der Waals surface area contributed by atoms with Gasteiger partial charge >= 0.3 is 0 Å². The van der Waals surface area contributed by atoms with Crippen LogP contribution < -0.4 is 10.6 Å². The molecule has 21 heavy (non-hydrogen) atoms. The van der Waals surface area contributed by atoms with Crippen LogP contribution in [0, 0.1) is 5.82 Å². The molecule has 0 bridgehead atoms. The van der Waals surface area contributed by atoms with Crippen molar-refractivity contribution >= 4 is 23.1 Å². The molecule has 1 amide bonds. The Balaban J connectivity index is 2.00. The van der Waals surface area contributed by atoms with E-state index in [9.17, 15) is 14.0 Å². The van der Waals surface area contributed by atoms with E-state index in [1.807, 2.05) is 0 Å². The summed E-state index contributed by atoms with van der Waals surface area (Å²) in [5, 5.41) is 0. The summed E-state index contributed by atoms with van der Waals surface area (Å²) in [6, 6.07) is 8.79. The van der Waals surface area contributed by atoms with Crippen LogP contribution in [-0.2, 0) is 11.2 Å². The molecular weight excluding hydrogens is 271 g/mol. The molecule has 1 aliphatic heterocycles. The van der Waals surface area contributed by atoms with Crippen LogP contribution in [0.4, 0.5) is 15.8 Å². The van der Waals surface area contributed by atoms with Gasteiger partial charge in [-0.05, 0) is 42.0 Å². The number of benzene rings is 2. The smallest absolute Gasteiger partial charge is 0.231 e. The summed E-state index contributed by atoms with van der Waals surface area (Å²) >= 11 is 0. The summed E-state index contributed by atoms with van der Waals surface area (Å²) in [5.41, 5.74) is 8.12. The molecule has 0 atom stereocenters. The maximum absolute atomic E-state index is 13.0.